The molecule has 1 heterocycles. The summed E-state index contributed by atoms with van der Waals surface area (Å²) in [6.07, 6.45) is 0.857. The van der Waals surface area contributed by atoms with Gasteiger partial charge in [0.2, 0.25) is 0 Å². The minimum atomic E-state index is -0.370. The Morgan fingerprint density at radius 2 is 2.00 bits per heavy atom. The Hall–Kier alpha value is -2.08. The number of furan rings is 1. The number of nitrogens with one attached hydrogen (secondary N) is 2. The van der Waals surface area contributed by atoms with Crippen molar-refractivity contribution in [3.8, 4) is 0 Å². The van der Waals surface area contributed by atoms with Gasteiger partial charge in [-0.25, -0.2) is 0 Å². The van der Waals surface area contributed by atoms with E-state index >= 15 is 0 Å². The van der Waals surface area contributed by atoms with Crippen LogP contribution in [0.15, 0.2) is 45.5 Å². The van der Waals surface area contributed by atoms with Crippen molar-refractivity contribution >= 4 is 33.4 Å². The Labute approximate surface area is 137 Å². The third-order valence-electron chi connectivity index (χ3n) is 3.17. The first-order valence-electron chi connectivity index (χ1n) is 6.97. The molecule has 116 valence electrons. The molecule has 2 amide bonds. The zero-order valence-electron chi connectivity index (χ0n) is 12.4. The standard InChI is InChI=1S/C16H17BrN2O3/c1-3-10(2)18-15(20)11-5-4-6-12(9-11)19-16(21)13-7-8-14(17)22-13/h4-10H,3H2,1-2H3,(H,18,20)(H,19,21)/t10-/m1/s1. The third-order valence-corrected chi connectivity index (χ3v) is 3.60. The van der Waals surface area contributed by atoms with E-state index in [1.165, 1.54) is 0 Å². The van der Waals surface area contributed by atoms with E-state index in [0.717, 1.165) is 6.42 Å². The number of carbonyl (C=O) groups is 2. The summed E-state index contributed by atoms with van der Waals surface area (Å²) in [5.74, 6) is -0.335. The van der Waals surface area contributed by atoms with Crippen LogP contribution in [-0.2, 0) is 0 Å². The second-order valence-corrected chi connectivity index (χ2v) is 5.70. The summed E-state index contributed by atoms with van der Waals surface area (Å²) in [6, 6.07) is 10.1. The molecule has 0 aliphatic carbocycles. The monoisotopic (exact) mass is 364 g/mol. The Morgan fingerprint density at radius 3 is 2.64 bits per heavy atom. The topological polar surface area (TPSA) is 71.3 Å². The van der Waals surface area contributed by atoms with Crippen molar-refractivity contribution in [1.29, 1.82) is 0 Å². The zero-order chi connectivity index (χ0) is 16.1. The summed E-state index contributed by atoms with van der Waals surface area (Å²) in [6.45, 7) is 3.95. The first-order chi connectivity index (χ1) is 10.5. The van der Waals surface area contributed by atoms with Crippen LogP contribution in [0.5, 0.6) is 0 Å². The Balaban J connectivity index is 2.08. The normalized spacial score (nSPS) is 11.8. The van der Waals surface area contributed by atoms with Gasteiger partial charge in [-0.15, -0.1) is 0 Å². The lowest BCUT2D eigenvalue weighted by Crippen LogP contribution is -2.31. The summed E-state index contributed by atoms with van der Waals surface area (Å²) >= 11 is 3.15. The highest BCUT2D eigenvalue weighted by Gasteiger charge is 2.13. The van der Waals surface area contributed by atoms with Crippen LogP contribution in [0.25, 0.3) is 0 Å². The summed E-state index contributed by atoms with van der Waals surface area (Å²) < 4.78 is 5.67. The molecule has 2 rings (SSSR count). The number of halogens is 1. The van der Waals surface area contributed by atoms with Crippen molar-refractivity contribution < 1.29 is 14.0 Å². The van der Waals surface area contributed by atoms with Gasteiger partial charge in [0.1, 0.15) is 0 Å². The lowest BCUT2D eigenvalue weighted by molar-refractivity contribution is 0.0937. The summed E-state index contributed by atoms with van der Waals surface area (Å²) in [4.78, 5) is 24.1. The molecule has 0 spiro atoms. The highest BCUT2D eigenvalue weighted by molar-refractivity contribution is 9.10. The smallest absolute Gasteiger partial charge is 0.291 e. The van der Waals surface area contributed by atoms with E-state index in [-0.39, 0.29) is 23.6 Å². The van der Waals surface area contributed by atoms with Crippen molar-refractivity contribution in [1.82, 2.24) is 5.32 Å². The number of anilines is 1. The molecule has 0 aliphatic rings. The Bertz CT molecular complexity index is 682. The molecule has 0 saturated heterocycles. The fourth-order valence-corrected chi connectivity index (χ4v) is 2.08. The molecule has 0 saturated carbocycles. The molecule has 0 bridgehead atoms. The summed E-state index contributed by atoms with van der Waals surface area (Å²) in [5.41, 5.74) is 1.04. The molecule has 22 heavy (non-hydrogen) atoms. The van der Waals surface area contributed by atoms with E-state index in [1.807, 2.05) is 13.8 Å². The van der Waals surface area contributed by atoms with Crippen LogP contribution in [-0.4, -0.2) is 17.9 Å². The SMILES string of the molecule is CC[C@@H](C)NC(=O)c1cccc(NC(=O)c2ccc(Br)o2)c1. The average molecular weight is 365 g/mol. The number of amides is 2. The van der Waals surface area contributed by atoms with Crippen LogP contribution in [0.3, 0.4) is 0 Å². The maximum atomic E-state index is 12.1. The Morgan fingerprint density at radius 1 is 1.23 bits per heavy atom. The van der Waals surface area contributed by atoms with Crippen molar-refractivity contribution in [3.05, 3.63) is 52.4 Å². The molecule has 0 unspecified atom stereocenters. The van der Waals surface area contributed by atoms with Crippen LogP contribution in [0.4, 0.5) is 5.69 Å². The van der Waals surface area contributed by atoms with Gasteiger partial charge in [-0.2, -0.15) is 0 Å². The van der Waals surface area contributed by atoms with Gasteiger partial charge < -0.3 is 15.1 Å². The van der Waals surface area contributed by atoms with Crippen LogP contribution >= 0.6 is 15.9 Å². The molecule has 6 heteroatoms. The molecule has 0 aliphatic heterocycles. The first-order valence-corrected chi connectivity index (χ1v) is 7.76. The molecular formula is C16H17BrN2O3. The molecular weight excluding hydrogens is 348 g/mol. The van der Waals surface area contributed by atoms with Crippen LogP contribution in [0.1, 0.15) is 41.2 Å². The number of hydrogen-bond donors (Lipinski definition) is 2. The highest BCUT2D eigenvalue weighted by Crippen LogP contribution is 2.17. The lowest BCUT2D eigenvalue weighted by atomic mass is 10.1. The van der Waals surface area contributed by atoms with Crippen LogP contribution in [0, 0.1) is 0 Å². The van der Waals surface area contributed by atoms with Gasteiger partial charge in [0, 0.05) is 17.3 Å². The lowest BCUT2D eigenvalue weighted by Gasteiger charge is -2.12. The van der Waals surface area contributed by atoms with Gasteiger partial charge >= 0.3 is 0 Å². The zero-order valence-corrected chi connectivity index (χ0v) is 13.9. The highest BCUT2D eigenvalue weighted by atomic mass is 79.9. The van der Waals surface area contributed by atoms with Crippen molar-refractivity contribution in [2.24, 2.45) is 0 Å². The van der Waals surface area contributed by atoms with Crippen molar-refractivity contribution in [2.45, 2.75) is 26.3 Å². The second-order valence-electron chi connectivity index (χ2n) is 4.92. The second kappa shape index (κ2) is 7.26. The van der Waals surface area contributed by atoms with Crippen molar-refractivity contribution in [3.63, 3.8) is 0 Å². The predicted octanol–water partition coefficient (Wildman–Crippen LogP) is 3.82. The first kappa shape index (κ1) is 16.3. The molecule has 1 aromatic heterocycles. The minimum absolute atomic E-state index is 0.103. The largest absolute Gasteiger partial charge is 0.444 e. The molecule has 1 atom stereocenters. The van der Waals surface area contributed by atoms with Crippen molar-refractivity contribution in [2.75, 3.05) is 5.32 Å². The number of rotatable bonds is 5. The molecule has 2 N–H and O–H groups in total. The molecule has 5 nitrogen and oxygen atoms in total. The number of carbonyl (C=O) groups excluding carboxylic acids is 2. The van der Waals surface area contributed by atoms with E-state index in [4.69, 9.17) is 4.42 Å². The van der Waals surface area contributed by atoms with Gasteiger partial charge in [-0.3, -0.25) is 9.59 Å². The molecule has 0 fully saturated rings. The van der Waals surface area contributed by atoms with Gasteiger partial charge in [-0.05, 0) is 59.6 Å². The number of benzene rings is 1. The van der Waals surface area contributed by atoms with E-state index in [2.05, 4.69) is 26.6 Å². The van der Waals surface area contributed by atoms with E-state index in [1.54, 1.807) is 36.4 Å². The van der Waals surface area contributed by atoms with E-state index < -0.39 is 0 Å². The molecule has 1 aromatic carbocycles. The van der Waals surface area contributed by atoms with E-state index in [0.29, 0.717) is 15.9 Å². The summed E-state index contributed by atoms with van der Waals surface area (Å²) in [5, 5.41) is 5.59. The van der Waals surface area contributed by atoms with Gasteiger partial charge in [0.25, 0.3) is 11.8 Å². The van der Waals surface area contributed by atoms with Gasteiger partial charge in [0.15, 0.2) is 10.4 Å². The van der Waals surface area contributed by atoms with E-state index in [9.17, 15) is 9.59 Å². The number of hydrogen-bond acceptors (Lipinski definition) is 3. The fraction of sp³-hybridized carbons (Fsp3) is 0.250. The molecule has 0 radical (unpaired) electrons. The average Bonchev–Trinajstić information content (AvgIpc) is 2.94. The van der Waals surface area contributed by atoms with Gasteiger partial charge in [-0.1, -0.05) is 13.0 Å². The summed E-state index contributed by atoms with van der Waals surface area (Å²) in [7, 11) is 0. The predicted molar refractivity (Wildman–Crippen MR) is 88.0 cm³/mol. The third kappa shape index (κ3) is 4.21. The minimum Gasteiger partial charge on any atom is -0.444 e. The fourth-order valence-electron chi connectivity index (χ4n) is 1.78. The maximum absolute atomic E-state index is 12.1. The Kier molecular flexibility index (Phi) is 5.38. The van der Waals surface area contributed by atoms with Crippen LogP contribution in [0.2, 0.25) is 0 Å². The molecule has 2 aromatic rings. The van der Waals surface area contributed by atoms with Crippen LogP contribution < -0.4 is 10.6 Å². The quantitative estimate of drug-likeness (QED) is 0.846. The maximum Gasteiger partial charge on any atom is 0.291 e. The van der Waals surface area contributed by atoms with Gasteiger partial charge in [0.05, 0.1) is 0 Å².